The van der Waals surface area contributed by atoms with Crippen LogP contribution in [-0.4, -0.2) is 18.4 Å². The maximum Gasteiger partial charge on any atom is -0.00309 e. The van der Waals surface area contributed by atoms with Crippen LogP contribution in [0, 0.1) is 0 Å². The molecule has 0 radical (unpaired) electrons. The van der Waals surface area contributed by atoms with Crippen molar-refractivity contribution in [2.45, 2.75) is 13.8 Å². The van der Waals surface area contributed by atoms with Gasteiger partial charge in [0.15, 0.2) is 0 Å². The lowest BCUT2D eigenvalue weighted by Gasteiger charge is -1.88. The van der Waals surface area contributed by atoms with Gasteiger partial charge in [-0.1, -0.05) is 26.7 Å². The van der Waals surface area contributed by atoms with E-state index in [1.54, 1.807) is 4.31 Å². The van der Waals surface area contributed by atoms with Crippen LogP contribution < -0.4 is 0 Å². The van der Waals surface area contributed by atoms with Crippen LogP contribution in [0.3, 0.4) is 0 Å². The molecule has 0 aliphatic carbocycles. The monoisotopic (exact) mass is 107 g/mol. The highest BCUT2D eigenvalue weighted by Gasteiger charge is 1.59. The summed E-state index contributed by atoms with van der Waals surface area (Å²) >= 11 is 3.80. The Bertz CT molecular complexity index is 12.3. The molecule has 0 aromatic rings. The van der Waals surface area contributed by atoms with Crippen molar-refractivity contribution in [1.82, 2.24) is 4.31 Å². The van der Waals surface area contributed by atoms with E-state index in [-0.39, 0.29) is 0 Å². The number of hydrogen-bond acceptors (Lipinski definition) is 2. The Hall–Kier alpha value is 0.310. The molecular weight excluding hydrogens is 94.1 g/mol. The summed E-state index contributed by atoms with van der Waals surface area (Å²) in [7, 11) is 3.73. The van der Waals surface area contributed by atoms with Gasteiger partial charge in [-0.05, 0) is 14.1 Å². The first-order chi connectivity index (χ1) is 2.73. The van der Waals surface area contributed by atoms with Crippen LogP contribution in [-0.2, 0) is 0 Å². The molecule has 0 aromatic carbocycles. The zero-order chi connectivity index (χ0) is 5.58. The minimum absolute atomic E-state index is 1.69. The van der Waals surface area contributed by atoms with Gasteiger partial charge in [0.2, 0.25) is 0 Å². The topological polar surface area (TPSA) is 3.24 Å². The van der Waals surface area contributed by atoms with Gasteiger partial charge in [0.25, 0.3) is 0 Å². The van der Waals surface area contributed by atoms with E-state index in [9.17, 15) is 0 Å². The molecule has 0 rings (SSSR count). The van der Waals surface area contributed by atoms with Gasteiger partial charge in [0, 0.05) is 0 Å². The minimum atomic E-state index is 1.69. The van der Waals surface area contributed by atoms with Crippen molar-refractivity contribution in [3.8, 4) is 0 Å². The van der Waals surface area contributed by atoms with Crippen LogP contribution >= 0.6 is 12.8 Å². The molecule has 0 unspecified atom stereocenters. The number of hydrogen-bond donors (Lipinski definition) is 1. The molecule has 40 valence electrons. The fraction of sp³-hybridized carbons (Fsp3) is 1.00. The Morgan fingerprint density at radius 2 is 1.17 bits per heavy atom. The summed E-state index contributed by atoms with van der Waals surface area (Å²) in [6.45, 7) is 4.00. The van der Waals surface area contributed by atoms with Gasteiger partial charge in [-0.25, -0.2) is 0 Å². The molecule has 0 aliphatic rings. The zero-order valence-corrected chi connectivity index (χ0v) is 5.79. The lowest BCUT2D eigenvalue weighted by Crippen LogP contribution is -1.89. The second-order valence-electron chi connectivity index (χ2n) is 0.847. The van der Waals surface area contributed by atoms with E-state index < -0.39 is 0 Å². The lowest BCUT2D eigenvalue weighted by molar-refractivity contribution is 0.714. The molecular formula is C4H13NS. The van der Waals surface area contributed by atoms with Crippen LogP contribution in [0.1, 0.15) is 13.8 Å². The van der Waals surface area contributed by atoms with Gasteiger partial charge in [-0.2, -0.15) is 0 Å². The van der Waals surface area contributed by atoms with Crippen molar-refractivity contribution in [3.05, 3.63) is 0 Å². The summed E-state index contributed by atoms with van der Waals surface area (Å²) in [5.74, 6) is 0. The number of rotatable bonds is 0. The maximum absolute atomic E-state index is 3.80. The van der Waals surface area contributed by atoms with Gasteiger partial charge in [-0.3, -0.25) is 4.31 Å². The standard InChI is InChI=1S/C2H7NS.C2H6/c1-3(2)4;1-2/h4H,1-2H3;1-2H3. The number of thiol groups is 1. The van der Waals surface area contributed by atoms with Crippen LogP contribution in [0.5, 0.6) is 0 Å². The Balaban J connectivity index is 0. The van der Waals surface area contributed by atoms with Gasteiger partial charge in [0.1, 0.15) is 0 Å². The van der Waals surface area contributed by atoms with Crippen molar-refractivity contribution in [1.29, 1.82) is 0 Å². The van der Waals surface area contributed by atoms with Gasteiger partial charge >= 0.3 is 0 Å². The summed E-state index contributed by atoms with van der Waals surface area (Å²) in [6.07, 6.45) is 0. The van der Waals surface area contributed by atoms with E-state index in [2.05, 4.69) is 12.8 Å². The molecule has 0 N–H and O–H groups in total. The number of nitrogens with zero attached hydrogens (tertiary/aromatic N) is 1. The molecule has 0 aromatic heterocycles. The second kappa shape index (κ2) is 9.00. The molecule has 0 saturated carbocycles. The molecule has 0 atom stereocenters. The SMILES string of the molecule is CC.CN(C)S. The normalized spacial score (nSPS) is 7.00. The highest BCUT2D eigenvalue weighted by molar-refractivity contribution is 7.77. The Labute approximate surface area is 45.9 Å². The first-order valence-electron chi connectivity index (χ1n) is 2.09. The average Bonchev–Trinajstić information content (AvgIpc) is 1.41. The molecule has 0 heterocycles. The smallest absolute Gasteiger partial charge is 0.00309 e. The first-order valence-corrected chi connectivity index (χ1v) is 2.49. The third-order valence-electron chi connectivity index (χ3n) is 0. The largest absolute Gasteiger partial charge is 0.259 e. The fourth-order valence-corrected chi connectivity index (χ4v) is 0. The maximum atomic E-state index is 3.80. The Kier molecular flexibility index (Phi) is 14.4. The van der Waals surface area contributed by atoms with E-state index in [1.807, 2.05) is 27.9 Å². The highest BCUT2D eigenvalue weighted by atomic mass is 32.1. The molecule has 2 heteroatoms. The molecule has 0 saturated heterocycles. The fourth-order valence-electron chi connectivity index (χ4n) is 0. The Morgan fingerprint density at radius 1 is 1.17 bits per heavy atom. The molecule has 0 bridgehead atoms. The zero-order valence-electron chi connectivity index (χ0n) is 4.89. The molecule has 6 heavy (non-hydrogen) atoms. The predicted octanol–water partition coefficient (Wildman–Crippen LogP) is 1.42. The van der Waals surface area contributed by atoms with Crippen molar-refractivity contribution < 1.29 is 0 Å². The summed E-state index contributed by atoms with van der Waals surface area (Å²) in [6, 6.07) is 0. The van der Waals surface area contributed by atoms with E-state index >= 15 is 0 Å². The second-order valence-corrected chi connectivity index (χ2v) is 1.65. The van der Waals surface area contributed by atoms with E-state index in [1.165, 1.54) is 0 Å². The molecule has 0 aliphatic heterocycles. The van der Waals surface area contributed by atoms with Gasteiger partial charge < -0.3 is 0 Å². The van der Waals surface area contributed by atoms with Crippen molar-refractivity contribution in [3.63, 3.8) is 0 Å². The minimum Gasteiger partial charge on any atom is -0.259 e. The lowest BCUT2D eigenvalue weighted by atomic mass is 11.0. The molecule has 0 amide bonds. The summed E-state index contributed by atoms with van der Waals surface area (Å²) in [5, 5.41) is 0. The van der Waals surface area contributed by atoms with E-state index in [4.69, 9.17) is 0 Å². The van der Waals surface area contributed by atoms with Gasteiger partial charge in [0.05, 0.1) is 0 Å². The third kappa shape index (κ3) is 491. The Morgan fingerprint density at radius 3 is 1.17 bits per heavy atom. The van der Waals surface area contributed by atoms with Crippen LogP contribution in [0.4, 0.5) is 0 Å². The predicted molar refractivity (Wildman–Crippen MR) is 34.0 cm³/mol. The quantitative estimate of drug-likeness (QED) is 0.458. The van der Waals surface area contributed by atoms with E-state index in [0.29, 0.717) is 0 Å². The molecule has 0 fully saturated rings. The molecule has 1 nitrogen and oxygen atoms in total. The highest BCUT2D eigenvalue weighted by Crippen LogP contribution is 1.69. The van der Waals surface area contributed by atoms with Crippen molar-refractivity contribution >= 4 is 12.8 Å². The van der Waals surface area contributed by atoms with Crippen molar-refractivity contribution in [2.24, 2.45) is 0 Å². The van der Waals surface area contributed by atoms with Crippen molar-refractivity contribution in [2.75, 3.05) is 14.1 Å². The van der Waals surface area contributed by atoms with Crippen LogP contribution in [0.2, 0.25) is 0 Å². The summed E-state index contributed by atoms with van der Waals surface area (Å²) < 4.78 is 1.69. The van der Waals surface area contributed by atoms with Crippen LogP contribution in [0.25, 0.3) is 0 Å². The summed E-state index contributed by atoms with van der Waals surface area (Å²) in [4.78, 5) is 0. The van der Waals surface area contributed by atoms with Crippen LogP contribution in [0.15, 0.2) is 0 Å². The first kappa shape index (κ1) is 9.58. The molecule has 0 spiro atoms. The average molecular weight is 107 g/mol. The third-order valence-corrected chi connectivity index (χ3v) is 0. The van der Waals surface area contributed by atoms with E-state index in [0.717, 1.165) is 0 Å². The summed E-state index contributed by atoms with van der Waals surface area (Å²) in [5.41, 5.74) is 0. The van der Waals surface area contributed by atoms with Gasteiger partial charge in [-0.15, -0.1) is 0 Å².